The van der Waals surface area contributed by atoms with E-state index in [4.69, 9.17) is 26.3 Å². The van der Waals surface area contributed by atoms with Crippen molar-refractivity contribution in [1.29, 1.82) is 0 Å². The summed E-state index contributed by atoms with van der Waals surface area (Å²) in [6.07, 6.45) is 0.735. The average Bonchev–Trinajstić information content (AvgIpc) is 2.73. The lowest BCUT2D eigenvalue weighted by Crippen LogP contribution is -2.24. The molecule has 2 aromatic carbocycles. The van der Waals surface area contributed by atoms with Crippen LogP contribution < -0.4 is 5.56 Å². The molecule has 5 nitrogen and oxygen atoms in total. The van der Waals surface area contributed by atoms with Crippen molar-refractivity contribution in [2.45, 2.75) is 23.9 Å². The highest BCUT2D eigenvalue weighted by atomic mass is 35.5. The number of ether oxygens (including phenoxy) is 1. The average molecular weight is 426 g/mol. The molecule has 0 fully saturated rings. The van der Waals surface area contributed by atoms with E-state index in [0.717, 1.165) is 23.0 Å². The van der Waals surface area contributed by atoms with Crippen LogP contribution in [0.5, 0.6) is 0 Å². The lowest BCUT2D eigenvalue weighted by molar-refractivity contribution is 0.189. The molecule has 2 aromatic heterocycles. The molecular formula is C22H20ClN3O2S. The molecule has 0 aliphatic carbocycles. The topological polar surface area (TPSA) is 57.0 Å². The van der Waals surface area contributed by atoms with Gasteiger partial charge in [-0.05, 0) is 36.8 Å². The van der Waals surface area contributed by atoms with Crippen LogP contribution >= 0.6 is 23.4 Å². The summed E-state index contributed by atoms with van der Waals surface area (Å²) >= 11 is 7.62. The summed E-state index contributed by atoms with van der Waals surface area (Å²) in [4.78, 5) is 22.5. The molecule has 2 heterocycles. The van der Waals surface area contributed by atoms with Crippen LogP contribution in [-0.4, -0.2) is 28.3 Å². The largest absolute Gasteiger partial charge is 0.385 e. The summed E-state index contributed by atoms with van der Waals surface area (Å²) in [5, 5.41) is 2.90. The summed E-state index contributed by atoms with van der Waals surface area (Å²) in [7, 11) is 1.66. The molecule has 0 saturated heterocycles. The van der Waals surface area contributed by atoms with Crippen LogP contribution in [0, 0.1) is 0 Å². The van der Waals surface area contributed by atoms with Crippen molar-refractivity contribution in [2.24, 2.45) is 0 Å². The van der Waals surface area contributed by atoms with Crippen LogP contribution in [-0.2, 0) is 17.0 Å². The van der Waals surface area contributed by atoms with Gasteiger partial charge in [-0.25, -0.2) is 4.98 Å². The van der Waals surface area contributed by atoms with E-state index in [2.05, 4.69) is 6.07 Å². The molecule has 0 aliphatic heterocycles. The number of rotatable bonds is 7. The molecule has 0 saturated carbocycles. The molecule has 0 bridgehead atoms. The molecule has 0 spiro atoms. The second-order valence-corrected chi connectivity index (χ2v) is 8.02. The van der Waals surface area contributed by atoms with Crippen molar-refractivity contribution in [1.82, 2.24) is 14.5 Å². The molecule has 0 radical (unpaired) electrons. The number of halogens is 1. The van der Waals surface area contributed by atoms with Crippen LogP contribution in [0.15, 0.2) is 64.5 Å². The maximum Gasteiger partial charge on any atom is 0.262 e. The molecule has 148 valence electrons. The first-order chi connectivity index (χ1) is 14.2. The third-order valence-electron chi connectivity index (χ3n) is 4.62. The lowest BCUT2D eigenvalue weighted by Gasteiger charge is -2.13. The normalized spacial score (nSPS) is 11.4. The second kappa shape index (κ2) is 8.95. The Bertz CT molecular complexity index is 1230. The molecule has 0 N–H and O–H groups in total. The first kappa shape index (κ1) is 19.9. The van der Waals surface area contributed by atoms with Crippen LogP contribution in [0.25, 0.3) is 21.8 Å². The van der Waals surface area contributed by atoms with Crippen molar-refractivity contribution >= 4 is 45.2 Å². The molecule has 7 heteroatoms. The maximum atomic E-state index is 13.1. The van der Waals surface area contributed by atoms with Gasteiger partial charge in [-0.3, -0.25) is 14.3 Å². The van der Waals surface area contributed by atoms with Crippen molar-refractivity contribution in [3.63, 3.8) is 0 Å². The number of hydrogen-bond acceptors (Lipinski definition) is 5. The predicted octanol–water partition coefficient (Wildman–Crippen LogP) is 4.93. The predicted molar refractivity (Wildman–Crippen MR) is 119 cm³/mol. The van der Waals surface area contributed by atoms with E-state index in [1.54, 1.807) is 29.9 Å². The number of fused-ring (bicyclic) bond motifs is 2. The molecule has 0 amide bonds. The smallest absolute Gasteiger partial charge is 0.262 e. The van der Waals surface area contributed by atoms with Crippen LogP contribution in [0.4, 0.5) is 0 Å². The summed E-state index contributed by atoms with van der Waals surface area (Å²) in [6.45, 7) is 1.13. The number of aromatic nitrogens is 3. The van der Waals surface area contributed by atoms with Crippen LogP contribution in [0.3, 0.4) is 0 Å². The molecule has 0 aliphatic rings. The Morgan fingerprint density at radius 2 is 1.93 bits per heavy atom. The zero-order valence-electron chi connectivity index (χ0n) is 16.0. The van der Waals surface area contributed by atoms with Gasteiger partial charge in [0, 0.05) is 36.4 Å². The Morgan fingerprint density at radius 3 is 2.79 bits per heavy atom. The van der Waals surface area contributed by atoms with Gasteiger partial charge in [-0.2, -0.15) is 0 Å². The zero-order chi connectivity index (χ0) is 20.2. The molecule has 29 heavy (non-hydrogen) atoms. The van der Waals surface area contributed by atoms with Crippen LogP contribution in [0.1, 0.15) is 12.1 Å². The Kier molecular flexibility index (Phi) is 6.13. The third kappa shape index (κ3) is 4.45. The fourth-order valence-corrected chi connectivity index (χ4v) is 4.27. The summed E-state index contributed by atoms with van der Waals surface area (Å²) in [5.41, 5.74) is 2.45. The highest BCUT2D eigenvalue weighted by Crippen LogP contribution is 2.24. The first-order valence-electron chi connectivity index (χ1n) is 9.32. The van der Waals surface area contributed by atoms with Crippen molar-refractivity contribution < 1.29 is 4.74 Å². The standard InChI is InChI=1S/C22H20ClN3O2S/c1-28-12-4-11-26-21(27)18-10-8-16(23)13-20(18)25-22(26)29-14-17-9-7-15-5-2-3-6-19(15)24-17/h2-3,5-10,13H,4,11-12,14H2,1H3. The van der Waals surface area contributed by atoms with Gasteiger partial charge in [-0.1, -0.05) is 47.6 Å². The number of methoxy groups -OCH3 is 1. The van der Waals surface area contributed by atoms with Gasteiger partial charge in [-0.15, -0.1) is 0 Å². The van der Waals surface area contributed by atoms with E-state index in [0.29, 0.717) is 40.0 Å². The highest BCUT2D eigenvalue weighted by Gasteiger charge is 2.13. The number of benzene rings is 2. The number of pyridine rings is 1. The lowest BCUT2D eigenvalue weighted by atomic mass is 10.2. The molecular weight excluding hydrogens is 406 g/mol. The molecule has 4 rings (SSSR count). The Morgan fingerprint density at radius 1 is 1.07 bits per heavy atom. The van der Waals surface area contributed by atoms with Crippen molar-refractivity contribution in [2.75, 3.05) is 13.7 Å². The fourth-order valence-electron chi connectivity index (χ4n) is 3.18. The second-order valence-electron chi connectivity index (χ2n) is 6.64. The highest BCUT2D eigenvalue weighted by molar-refractivity contribution is 7.98. The van der Waals surface area contributed by atoms with E-state index in [9.17, 15) is 4.79 Å². The Hall–Kier alpha value is -2.41. The Balaban J connectivity index is 1.67. The van der Waals surface area contributed by atoms with Gasteiger partial charge >= 0.3 is 0 Å². The third-order valence-corrected chi connectivity index (χ3v) is 5.86. The van der Waals surface area contributed by atoms with Crippen LogP contribution in [0.2, 0.25) is 5.02 Å². The zero-order valence-corrected chi connectivity index (χ0v) is 17.5. The van der Waals surface area contributed by atoms with E-state index < -0.39 is 0 Å². The van der Waals surface area contributed by atoms with Gasteiger partial charge in [0.15, 0.2) is 5.16 Å². The van der Waals surface area contributed by atoms with E-state index in [1.807, 2.05) is 30.3 Å². The van der Waals surface area contributed by atoms with E-state index in [1.165, 1.54) is 11.8 Å². The summed E-state index contributed by atoms with van der Waals surface area (Å²) in [5.74, 6) is 0.619. The maximum absolute atomic E-state index is 13.1. The molecule has 0 unspecified atom stereocenters. The number of hydrogen-bond donors (Lipinski definition) is 0. The van der Waals surface area contributed by atoms with Gasteiger partial charge in [0.05, 0.1) is 22.1 Å². The minimum atomic E-state index is -0.0586. The van der Waals surface area contributed by atoms with Gasteiger partial charge in [0.1, 0.15) is 0 Å². The van der Waals surface area contributed by atoms with Gasteiger partial charge in [0.25, 0.3) is 5.56 Å². The minimum Gasteiger partial charge on any atom is -0.385 e. The molecule has 4 aromatic rings. The van der Waals surface area contributed by atoms with E-state index in [-0.39, 0.29) is 5.56 Å². The summed E-state index contributed by atoms with van der Waals surface area (Å²) in [6, 6.07) is 17.3. The number of para-hydroxylation sites is 1. The SMILES string of the molecule is COCCCn1c(SCc2ccc3ccccc3n2)nc2cc(Cl)ccc2c1=O. The summed E-state index contributed by atoms with van der Waals surface area (Å²) < 4.78 is 6.87. The fraction of sp³-hybridized carbons (Fsp3) is 0.227. The number of nitrogens with zero attached hydrogens (tertiary/aromatic N) is 3. The number of thioether (sulfide) groups is 1. The quantitative estimate of drug-likeness (QED) is 0.239. The minimum absolute atomic E-state index is 0.0586. The monoisotopic (exact) mass is 425 g/mol. The van der Waals surface area contributed by atoms with Crippen molar-refractivity contribution in [3.05, 3.63) is 75.7 Å². The molecule has 0 atom stereocenters. The Labute approximate surface area is 177 Å². The van der Waals surface area contributed by atoms with Gasteiger partial charge in [0.2, 0.25) is 0 Å². The van der Waals surface area contributed by atoms with Crippen molar-refractivity contribution in [3.8, 4) is 0 Å². The van der Waals surface area contributed by atoms with E-state index >= 15 is 0 Å². The first-order valence-corrected chi connectivity index (χ1v) is 10.7. The van der Waals surface area contributed by atoms with Gasteiger partial charge < -0.3 is 4.74 Å².